The van der Waals surface area contributed by atoms with E-state index >= 15 is 0 Å². The Morgan fingerprint density at radius 2 is 1.03 bits per heavy atom. The number of hydrogen-bond acceptors (Lipinski definition) is 6. The molecule has 0 atom stereocenters. The Morgan fingerprint density at radius 1 is 0.600 bits per heavy atom. The van der Waals surface area contributed by atoms with Crippen molar-refractivity contribution >= 4 is 17.9 Å². The molecule has 0 aromatic heterocycles. The van der Waals surface area contributed by atoms with Gasteiger partial charge in [-0.25, -0.2) is 4.79 Å². The molecule has 0 radical (unpaired) electrons. The van der Waals surface area contributed by atoms with Crippen molar-refractivity contribution in [2.75, 3.05) is 0 Å². The van der Waals surface area contributed by atoms with Crippen LogP contribution >= 0.6 is 0 Å². The number of ether oxygens (including phenoxy) is 3. The van der Waals surface area contributed by atoms with E-state index in [1.54, 1.807) is 49.4 Å². The molecular formula is C24H20O6. The summed E-state index contributed by atoms with van der Waals surface area (Å²) in [7, 11) is 0. The standard InChI is InChI=1S/C24H20O6/c1-15-14-22(29-17(3)26)12-13-23(15)24(27)30-21-10-6-19(7-11-21)18-4-8-20(9-5-18)28-16(2)25/h4-14H,1-3H3. The summed E-state index contributed by atoms with van der Waals surface area (Å²) in [4.78, 5) is 34.5. The maximum absolute atomic E-state index is 12.5. The number of carbonyl (C=O) groups is 3. The van der Waals surface area contributed by atoms with E-state index < -0.39 is 11.9 Å². The molecule has 152 valence electrons. The molecule has 0 unspecified atom stereocenters. The second-order valence-corrected chi connectivity index (χ2v) is 6.60. The average molecular weight is 404 g/mol. The van der Waals surface area contributed by atoms with E-state index in [1.165, 1.54) is 13.8 Å². The molecule has 0 spiro atoms. The molecule has 0 fully saturated rings. The normalized spacial score (nSPS) is 10.2. The smallest absolute Gasteiger partial charge is 0.343 e. The van der Waals surface area contributed by atoms with Crippen molar-refractivity contribution < 1.29 is 28.6 Å². The zero-order valence-electron chi connectivity index (χ0n) is 16.8. The second-order valence-electron chi connectivity index (χ2n) is 6.60. The van der Waals surface area contributed by atoms with Crippen LogP contribution in [0.4, 0.5) is 0 Å². The van der Waals surface area contributed by atoms with Crippen LogP contribution < -0.4 is 14.2 Å². The van der Waals surface area contributed by atoms with Crippen LogP contribution in [0.3, 0.4) is 0 Å². The molecule has 0 aliphatic carbocycles. The van der Waals surface area contributed by atoms with E-state index in [2.05, 4.69) is 0 Å². The third-order valence-electron chi connectivity index (χ3n) is 4.19. The van der Waals surface area contributed by atoms with Gasteiger partial charge in [0.15, 0.2) is 0 Å². The minimum absolute atomic E-state index is 0.370. The topological polar surface area (TPSA) is 78.9 Å². The number of aryl methyl sites for hydroxylation is 1. The fourth-order valence-electron chi connectivity index (χ4n) is 2.85. The Hall–Kier alpha value is -3.93. The molecule has 0 aliphatic heterocycles. The van der Waals surface area contributed by atoms with E-state index in [-0.39, 0.29) is 5.97 Å². The van der Waals surface area contributed by atoms with Crippen LogP contribution in [0.1, 0.15) is 29.8 Å². The Balaban J connectivity index is 1.69. The highest BCUT2D eigenvalue weighted by molar-refractivity contribution is 5.93. The molecule has 0 amide bonds. The monoisotopic (exact) mass is 404 g/mol. The SMILES string of the molecule is CC(=O)Oc1ccc(-c2ccc(OC(=O)c3ccc(OC(C)=O)cc3C)cc2)cc1. The van der Waals surface area contributed by atoms with Gasteiger partial charge >= 0.3 is 17.9 Å². The van der Waals surface area contributed by atoms with Gasteiger partial charge in [0.25, 0.3) is 0 Å². The van der Waals surface area contributed by atoms with Gasteiger partial charge in [-0.05, 0) is 66.1 Å². The van der Waals surface area contributed by atoms with Gasteiger partial charge in [0, 0.05) is 13.8 Å². The third kappa shape index (κ3) is 5.32. The molecule has 6 heteroatoms. The first-order valence-electron chi connectivity index (χ1n) is 9.22. The molecule has 0 saturated carbocycles. The minimum atomic E-state index is -0.500. The summed E-state index contributed by atoms with van der Waals surface area (Å²) < 4.78 is 15.5. The van der Waals surface area contributed by atoms with Gasteiger partial charge in [0.05, 0.1) is 5.56 Å². The Labute approximate surface area is 174 Å². The molecule has 3 aromatic carbocycles. The van der Waals surface area contributed by atoms with E-state index in [0.717, 1.165) is 11.1 Å². The summed E-state index contributed by atoms with van der Waals surface area (Å²) in [5, 5.41) is 0. The van der Waals surface area contributed by atoms with Crippen molar-refractivity contribution in [3.05, 3.63) is 77.9 Å². The summed E-state index contributed by atoms with van der Waals surface area (Å²) in [6, 6.07) is 18.9. The molecule has 0 heterocycles. The lowest BCUT2D eigenvalue weighted by atomic mass is 10.1. The van der Waals surface area contributed by atoms with Crippen LogP contribution in [0.2, 0.25) is 0 Å². The highest BCUT2D eigenvalue weighted by atomic mass is 16.5. The molecular weight excluding hydrogens is 384 g/mol. The maximum Gasteiger partial charge on any atom is 0.343 e. The molecule has 3 aromatic rings. The quantitative estimate of drug-likeness (QED) is 0.452. The molecule has 3 rings (SSSR count). The van der Waals surface area contributed by atoms with E-state index in [9.17, 15) is 14.4 Å². The fourth-order valence-corrected chi connectivity index (χ4v) is 2.85. The summed E-state index contributed by atoms with van der Waals surface area (Å²) in [6.07, 6.45) is 0. The van der Waals surface area contributed by atoms with Gasteiger partial charge in [-0.2, -0.15) is 0 Å². The highest BCUT2D eigenvalue weighted by Crippen LogP contribution is 2.26. The number of carbonyl (C=O) groups excluding carboxylic acids is 3. The van der Waals surface area contributed by atoms with Crippen molar-refractivity contribution in [2.24, 2.45) is 0 Å². The molecule has 0 saturated heterocycles. The first-order chi connectivity index (χ1) is 14.3. The van der Waals surface area contributed by atoms with Crippen LogP contribution in [0, 0.1) is 6.92 Å². The van der Waals surface area contributed by atoms with E-state index in [1.807, 2.05) is 24.3 Å². The highest BCUT2D eigenvalue weighted by Gasteiger charge is 2.13. The van der Waals surface area contributed by atoms with Gasteiger partial charge in [-0.15, -0.1) is 0 Å². The zero-order chi connectivity index (χ0) is 21.7. The maximum atomic E-state index is 12.5. The molecule has 0 aliphatic rings. The molecule has 30 heavy (non-hydrogen) atoms. The first kappa shape index (κ1) is 20.8. The first-order valence-corrected chi connectivity index (χ1v) is 9.22. The lowest BCUT2D eigenvalue weighted by Gasteiger charge is -2.09. The predicted molar refractivity (Wildman–Crippen MR) is 111 cm³/mol. The Morgan fingerprint density at radius 3 is 1.50 bits per heavy atom. The van der Waals surface area contributed by atoms with Crippen molar-refractivity contribution in [2.45, 2.75) is 20.8 Å². The van der Waals surface area contributed by atoms with Gasteiger partial charge in [0.2, 0.25) is 0 Å². The Bertz CT molecular complexity index is 1080. The van der Waals surface area contributed by atoms with Gasteiger partial charge in [-0.3, -0.25) is 9.59 Å². The number of rotatable bonds is 5. The second kappa shape index (κ2) is 9.05. The summed E-state index contributed by atoms with van der Waals surface area (Å²) in [5.41, 5.74) is 2.88. The van der Waals surface area contributed by atoms with Crippen LogP contribution in [-0.4, -0.2) is 17.9 Å². The van der Waals surface area contributed by atoms with Crippen molar-refractivity contribution in [1.82, 2.24) is 0 Å². The largest absolute Gasteiger partial charge is 0.427 e. The lowest BCUT2D eigenvalue weighted by molar-refractivity contribution is -0.132. The molecule has 6 nitrogen and oxygen atoms in total. The van der Waals surface area contributed by atoms with Crippen molar-refractivity contribution in [3.8, 4) is 28.4 Å². The zero-order valence-corrected chi connectivity index (χ0v) is 16.8. The van der Waals surface area contributed by atoms with Crippen LogP contribution in [0.5, 0.6) is 17.2 Å². The van der Waals surface area contributed by atoms with E-state index in [4.69, 9.17) is 14.2 Å². The number of benzene rings is 3. The Kier molecular flexibility index (Phi) is 6.27. The lowest BCUT2D eigenvalue weighted by Crippen LogP contribution is -2.10. The molecule has 0 N–H and O–H groups in total. The third-order valence-corrected chi connectivity index (χ3v) is 4.19. The van der Waals surface area contributed by atoms with Crippen molar-refractivity contribution in [1.29, 1.82) is 0 Å². The van der Waals surface area contributed by atoms with Crippen molar-refractivity contribution in [3.63, 3.8) is 0 Å². The number of esters is 3. The van der Waals surface area contributed by atoms with E-state index in [0.29, 0.717) is 28.4 Å². The van der Waals surface area contributed by atoms with Gasteiger partial charge in [-0.1, -0.05) is 24.3 Å². The number of hydrogen-bond donors (Lipinski definition) is 0. The summed E-state index contributed by atoms with van der Waals surface area (Å²) >= 11 is 0. The minimum Gasteiger partial charge on any atom is -0.427 e. The fraction of sp³-hybridized carbons (Fsp3) is 0.125. The van der Waals surface area contributed by atoms with Gasteiger partial charge in [0.1, 0.15) is 17.2 Å². The summed E-state index contributed by atoms with van der Waals surface area (Å²) in [6.45, 7) is 4.41. The van der Waals surface area contributed by atoms with Crippen LogP contribution in [0.15, 0.2) is 66.7 Å². The predicted octanol–water partition coefficient (Wildman–Crippen LogP) is 4.73. The molecule has 0 bridgehead atoms. The van der Waals surface area contributed by atoms with Gasteiger partial charge < -0.3 is 14.2 Å². The van der Waals surface area contributed by atoms with Crippen LogP contribution in [0.25, 0.3) is 11.1 Å². The van der Waals surface area contributed by atoms with Crippen LogP contribution in [-0.2, 0) is 9.59 Å². The summed E-state index contributed by atoms with van der Waals surface area (Å²) in [5.74, 6) is -0.0346. The average Bonchev–Trinajstić information content (AvgIpc) is 2.68.